The summed E-state index contributed by atoms with van der Waals surface area (Å²) >= 11 is 8.56. The van der Waals surface area contributed by atoms with Crippen LogP contribution in [0.4, 0.5) is 4.39 Å². The number of hydrogen-bond acceptors (Lipinski definition) is 3. The SMILES string of the molecule is Fc1cc(-c2nnc(CCl)o2)ccc1Br. The Hall–Kier alpha value is -0.940. The first kappa shape index (κ1) is 10.6. The molecule has 1 aromatic heterocycles. The molecule has 0 N–H and O–H groups in total. The van der Waals surface area contributed by atoms with Gasteiger partial charge in [0.05, 0.1) is 4.47 Å². The van der Waals surface area contributed by atoms with Gasteiger partial charge in [-0.1, -0.05) is 0 Å². The fourth-order valence-corrected chi connectivity index (χ4v) is 1.41. The zero-order valence-electron chi connectivity index (χ0n) is 7.38. The summed E-state index contributed by atoms with van der Waals surface area (Å²) in [6, 6.07) is 4.57. The van der Waals surface area contributed by atoms with E-state index in [4.69, 9.17) is 16.0 Å². The zero-order chi connectivity index (χ0) is 10.8. The molecule has 0 atom stereocenters. The molecular weight excluding hydrogens is 286 g/mol. The summed E-state index contributed by atoms with van der Waals surface area (Å²) in [6.07, 6.45) is 0. The third kappa shape index (κ3) is 2.18. The first-order chi connectivity index (χ1) is 7.20. The van der Waals surface area contributed by atoms with E-state index in [9.17, 15) is 4.39 Å². The van der Waals surface area contributed by atoms with Gasteiger partial charge in [0.1, 0.15) is 11.7 Å². The molecule has 0 saturated carbocycles. The minimum atomic E-state index is -0.377. The number of hydrogen-bond donors (Lipinski definition) is 0. The fraction of sp³-hybridized carbons (Fsp3) is 0.111. The number of halogens is 3. The zero-order valence-corrected chi connectivity index (χ0v) is 9.72. The van der Waals surface area contributed by atoms with Crippen molar-refractivity contribution >= 4 is 27.5 Å². The van der Waals surface area contributed by atoms with Crippen molar-refractivity contribution in [1.82, 2.24) is 10.2 Å². The highest BCUT2D eigenvalue weighted by Gasteiger charge is 2.09. The summed E-state index contributed by atoms with van der Waals surface area (Å²) < 4.78 is 18.8. The molecule has 0 spiro atoms. The van der Waals surface area contributed by atoms with E-state index in [0.29, 0.717) is 15.9 Å². The van der Waals surface area contributed by atoms with Crippen LogP contribution in [0.5, 0.6) is 0 Å². The maximum atomic E-state index is 13.2. The van der Waals surface area contributed by atoms with Gasteiger partial charge in [0.15, 0.2) is 0 Å². The molecule has 0 unspecified atom stereocenters. The Morgan fingerprint density at radius 2 is 2.20 bits per heavy atom. The number of benzene rings is 1. The van der Waals surface area contributed by atoms with E-state index in [1.165, 1.54) is 6.07 Å². The molecule has 15 heavy (non-hydrogen) atoms. The van der Waals surface area contributed by atoms with Crippen LogP contribution in [0.3, 0.4) is 0 Å². The van der Waals surface area contributed by atoms with Gasteiger partial charge in [-0.2, -0.15) is 0 Å². The lowest BCUT2D eigenvalue weighted by atomic mass is 10.2. The molecule has 0 fully saturated rings. The van der Waals surface area contributed by atoms with Crippen molar-refractivity contribution < 1.29 is 8.81 Å². The molecule has 0 bridgehead atoms. The monoisotopic (exact) mass is 290 g/mol. The van der Waals surface area contributed by atoms with Crippen LogP contribution in [-0.4, -0.2) is 10.2 Å². The average molecular weight is 292 g/mol. The van der Waals surface area contributed by atoms with E-state index in [-0.39, 0.29) is 17.6 Å². The quantitative estimate of drug-likeness (QED) is 0.796. The van der Waals surface area contributed by atoms with E-state index < -0.39 is 0 Å². The van der Waals surface area contributed by atoms with Crippen molar-refractivity contribution in [3.8, 4) is 11.5 Å². The number of rotatable bonds is 2. The first-order valence-electron chi connectivity index (χ1n) is 4.04. The Morgan fingerprint density at radius 3 is 2.80 bits per heavy atom. The van der Waals surface area contributed by atoms with Crippen LogP contribution in [-0.2, 0) is 5.88 Å². The van der Waals surface area contributed by atoms with Crippen molar-refractivity contribution in [3.63, 3.8) is 0 Å². The third-order valence-electron chi connectivity index (χ3n) is 1.75. The lowest BCUT2D eigenvalue weighted by Crippen LogP contribution is -1.81. The molecule has 0 aliphatic carbocycles. The maximum Gasteiger partial charge on any atom is 0.247 e. The normalized spacial score (nSPS) is 10.6. The molecule has 0 amide bonds. The van der Waals surface area contributed by atoms with Crippen molar-refractivity contribution in [2.75, 3.05) is 0 Å². The van der Waals surface area contributed by atoms with Gasteiger partial charge in [0, 0.05) is 5.56 Å². The summed E-state index contributed by atoms with van der Waals surface area (Å²) in [6.45, 7) is 0. The highest BCUT2D eigenvalue weighted by Crippen LogP contribution is 2.23. The Bertz CT molecular complexity index is 489. The summed E-state index contributed by atoms with van der Waals surface area (Å²) in [7, 11) is 0. The summed E-state index contributed by atoms with van der Waals surface area (Å²) in [5, 5.41) is 7.43. The van der Waals surface area contributed by atoms with E-state index in [1.54, 1.807) is 12.1 Å². The van der Waals surface area contributed by atoms with Gasteiger partial charge in [0.25, 0.3) is 0 Å². The fourth-order valence-electron chi connectivity index (χ4n) is 1.05. The van der Waals surface area contributed by atoms with E-state index in [2.05, 4.69) is 26.1 Å². The van der Waals surface area contributed by atoms with Gasteiger partial charge >= 0.3 is 0 Å². The summed E-state index contributed by atoms with van der Waals surface area (Å²) in [4.78, 5) is 0. The van der Waals surface area contributed by atoms with Crippen molar-refractivity contribution in [3.05, 3.63) is 34.4 Å². The number of aromatic nitrogens is 2. The van der Waals surface area contributed by atoms with Crippen LogP contribution >= 0.6 is 27.5 Å². The molecule has 6 heteroatoms. The standard InChI is InChI=1S/C9H5BrClFN2O/c10-6-2-1-5(3-7(6)12)9-14-13-8(4-11)15-9/h1-3H,4H2. The predicted molar refractivity (Wildman–Crippen MR) is 56.9 cm³/mol. The number of nitrogens with zero attached hydrogens (tertiary/aromatic N) is 2. The molecule has 1 aromatic carbocycles. The lowest BCUT2D eigenvalue weighted by molar-refractivity contribution is 0.526. The number of alkyl halides is 1. The summed E-state index contributed by atoms with van der Waals surface area (Å²) in [5.41, 5.74) is 0.527. The highest BCUT2D eigenvalue weighted by molar-refractivity contribution is 9.10. The highest BCUT2D eigenvalue weighted by atomic mass is 79.9. The van der Waals surface area contributed by atoms with Crippen LogP contribution in [0.1, 0.15) is 5.89 Å². The lowest BCUT2D eigenvalue weighted by Gasteiger charge is -1.96. The topological polar surface area (TPSA) is 38.9 Å². The largest absolute Gasteiger partial charge is 0.419 e. The second-order valence-corrected chi connectivity index (χ2v) is 3.89. The van der Waals surface area contributed by atoms with Crippen LogP contribution in [0.15, 0.2) is 27.1 Å². The van der Waals surface area contributed by atoms with Crippen LogP contribution < -0.4 is 0 Å². The van der Waals surface area contributed by atoms with E-state index >= 15 is 0 Å². The second-order valence-electron chi connectivity index (χ2n) is 2.76. The molecule has 3 nitrogen and oxygen atoms in total. The third-order valence-corrected chi connectivity index (χ3v) is 2.62. The molecule has 0 saturated heterocycles. The van der Waals surface area contributed by atoms with Crippen LogP contribution in [0.2, 0.25) is 0 Å². The van der Waals surface area contributed by atoms with Crippen LogP contribution in [0, 0.1) is 5.82 Å². The predicted octanol–water partition coefficient (Wildman–Crippen LogP) is 3.38. The Morgan fingerprint density at radius 1 is 1.40 bits per heavy atom. The molecule has 2 rings (SSSR count). The minimum Gasteiger partial charge on any atom is -0.419 e. The van der Waals surface area contributed by atoms with E-state index in [0.717, 1.165) is 0 Å². The first-order valence-corrected chi connectivity index (χ1v) is 5.37. The molecular formula is C9H5BrClFN2O. The smallest absolute Gasteiger partial charge is 0.247 e. The van der Waals surface area contributed by atoms with Crippen molar-refractivity contribution in [2.24, 2.45) is 0 Å². The van der Waals surface area contributed by atoms with E-state index in [1.807, 2.05) is 0 Å². The maximum absolute atomic E-state index is 13.2. The second kappa shape index (κ2) is 4.28. The minimum absolute atomic E-state index is 0.145. The van der Waals surface area contributed by atoms with Crippen molar-refractivity contribution in [1.29, 1.82) is 0 Å². The van der Waals surface area contributed by atoms with Gasteiger partial charge in [-0.25, -0.2) is 4.39 Å². The van der Waals surface area contributed by atoms with Gasteiger partial charge < -0.3 is 4.42 Å². The molecule has 2 aromatic rings. The molecule has 0 aliphatic heterocycles. The Kier molecular flexibility index (Phi) is 3.02. The van der Waals surface area contributed by atoms with Crippen molar-refractivity contribution in [2.45, 2.75) is 5.88 Å². The Labute approximate surface area is 98.4 Å². The molecule has 1 heterocycles. The summed E-state index contributed by atoms with van der Waals surface area (Å²) in [5.74, 6) is 0.344. The van der Waals surface area contributed by atoms with Gasteiger partial charge in [-0.05, 0) is 34.1 Å². The van der Waals surface area contributed by atoms with Gasteiger partial charge in [-0.3, -0.25) is 0 Å². The average Bonchev–Trinajstić information content (AvgIpc) is 2.70. The van der Waals surface area contributed by atoms with Gasteiger partial charge in [0.2, 0.25) is 11.8 Å². The van der Waals surface area contributed by atoms with Crippen LogP contribution in [0.25, 0.3) is 11.5 Å². The Balaban J connectivity index is 2.40. The molecule has 0 aliphatic rings. The molecule has 0 radical (unpaired) electrons. The van der Waals surface area contributed by atoms with Gasteiger partial charge in [-0.15, -0.1) is 21.8 Å². The molecule has 78 valence electrons.